The van der Waals surface area contributed by atoms with Crippen molar-refractivity contribution in [2.24, 2.45) is 0 Å². The molecule has 102 valence electrons. The SMILES string of the molecule is CCS(=O)(=O)CCNCC(=O)NCC(F)(F)F. The highest BCUT2D eigenvalue weighted by molar-refractivity contribution is 7.91. The Morgan fingerprint density at radius 2 is 1.88 bits per heavy atom. The van der Waals surface area contributed by atoms with Crippen molar-refractivity contribution in [3.05, 3.63) is 0 Å². The van der Waals surface area contributed by atoms with Crippen LogP contribution in [-0.4, -0.2) is 51.6 Å². The van der Waals surface area contributed by atoms with Gasteiger partial charge in [-0.15, -0.1) is 0 Å². The van der Waals surface area contributed by atoms with Gasteiger partial charge in [0.15, 0.2) is 9.84 Å². The van der Waals surface area contributed by atoms with Gasteiger partial charge < -0.3 is 10.6 Å². The number of sulfone groups is 1. The zero-order chi connectivity index (χ0) is 13.5. The molecule has 17 heavy (non-hydrogen) atoms. The molecule has 0 aromatic rings. The van der Waals surface area contributed by atoms with E-state index in [4.69, 9.17) is 0 Å². The van der Waals surface area contributed by atoms with Crippen LogP contribution in [0.1, 0.15) is 6.92 Å². The maximum absolute atomic E-state index is 11.7. The van der Waals surface area contributed by atoms with E-state index in [1.54, 1.807) is 5.32 Å². The third-order valence-electron chi connectivity index (χ3n) is 1.80. The highest BCUT2D eigenvalue weighted by Gasteiger charge is 2.27. The van der Waals surface area contributed by atoms with Crippen molar-refractivity contribution >= 4 is 15.7 Å². The Labute approximate surface area is 97.7 Å². The van der Waals surface area contributed by atoms with E-state index in [1.165, 1.54) is 6.92 Å². The third-order valence-corrected chi connectivity index (χ3v) is 3.51. The molecule has 0 unspecified atom stereocenters. The predicted octanol–water partition coefficient (Wildman–Crippen LogP) is -0.311. The Morgan fingerprint density at radius 3 is 2.35 bits per heavy atom. The molecule has 0 atom stereocenters. The maximum atomic E-state index is 11.7. The first-order valence-corrected chi connectivity index (χ1v) is 6.73. The van der Waals surface area contributed by atoms with E-state index in [0.717, 1.165) is 0 Å². The molecule has 0 aliphatic heterocycles. The van der Waals surface area contributed by atoms with Crippen molar-refractivity contribution in [2.45, 2.75) is 13.1 Å². The van der Waals surface area contributed by atoms with Crippen LogP contribution in [0.25, 0.3) is 0 Å². The molecule has 0 aromatic heterocycles. The van der Waals surface area contributed by atoms with Crippen molar-refractivity contribution in [1.29, 1.82) is 0 Å². The van der Waals surface area contributed by atoms with Gasteiger partial charge in [-0.3, -0.25) is 4.79 Å². The minimum atomic E-state index is -4.44. The average Bonchev–Trinajstić information content (AvgIpc) is 2.20. The fourth-order valence-corrected chi connectivity index (χ4v) is 1.58. The summed E-state index contributed by atoms with van der Waals surface area (Å²) in [7, 11) is -3.13. The molecular formula is C8H15F3N2O3S. The first kappa shape index (κ1) is 16.2. The summed E-state index contributed by atoms with van der Waals surface area (Å²) in [5.41, 5.74) is 0. The number of halogens is 3. The quantitative estimate of drug-likeness (QED) is 0.625. The summed E-state index contributed by atoms with van der Waals surface area (Å²) >= 11 is 0. The highest BCUT2D eigenvalue weighted by Crippen LogP contribution is 2.11. The number of carbonyl (C=O) groups is 1. The molecule has 0 aliphatic carbocycles. The lowest BCUT2D eigenvalue weighted by Gasteiger charge is -2.08. The summed E-state index contributed by atoms with van der Waals surface area (Å²) in [4.78, 5) is 10.9. The number of hydrogen-bond acceptors (Lipinski definition) is 4. The van der Waals surface area contributed by atoms with Crippen LogP contribution in [0.3, 0.4) is 0 Å². The van der Waals surface area contributed by atoms with Gasteiger partial charge >= 0.3 is 6.18 Å². The number of nitrogens with one attached hydrogen (secondary N) is 2. The number of alkyl halides is 3. The minimum Gasteiger partial charge on any atom is -0.346 e. The topological polar surface area (TPSA) is 75.3 Å². The first-order chi connectivity index (χ1) is 7.66. The molecule has 9 heteroatoms. The first-order valence-electron chi connectivity index (χ1n) is 4.91. The Kier molecular flexibility index (Phi) is 6.46. The van der Waals surface area contributed by atoms with Crippen LogP contribution in [0.5, 0.6) is 0 Å². The van der Waals surface area contributed by atoms with Gasteiger partial charge in [-0.25, -0.2) is 8.42 Å². The summed E-state index contributed by atoms with van der Waals surface area (Å²) in [5, 5.41) is 4.11. The molecule has 0 aliphatic rings. The molecule has 0 heterocycles. The van der Waals surface area contributed by atoms with Crippen molar-refractivity contribution in [2.75, 3.05) is 31.1 Å². The van der Waals surface area contributed by atoms with Gasteiger partial charge in [0.05, 0.1) is 12.3 Å². The molecule has 0 rings (SSSR count). The van der Waals surface area contributed by atoms with E-state index >= 15 is 0 Å². The van der Waals surface area contributed by atoms with E-state index in [1.807, 2.05) is 0 Å². The molecule has 0 saturated heterocycles. The normalized spacial score (nSPS) is 12.5. The molecule has 0 aromatic carbocycles. The predicted molar refractivity (Wildman–Crippen MR) is 56.3 cm³/mol. The van der Waals surface area contributed by atoms with Crippen molar-refractivity contribution in [1.82, 2.24) is 10.6 Å². The smallest absolute Gasteiger partial charge is 0.346 e. The second-order valence-corrected chi connectivity index (χ2v) is 5.78. The maximum Gasteiger partial charge on any atom is 0.405 e. The fourth-order valence-electron chi connectivity index (χ4n) is 0.835. The number of carbonyl (C=O) groups excluding carboxylic acids is 1. The van der Waals surface area contributed by atoms with Gasteiger partial charge in [0.1, 0.15) is 6.54 Å². The van der Waals surface area contributed by atoms with Crippen LogP contribution < -0.4 is 10.6 Å². The van der Waals surface area contributed by atoms with Crippen LogP contribution in [0.2, 0.25) is 0 Å². The molecular weight excluding hydrogens is 261 g/mol. The Hall–Kier alpha value is -0.830. The van der Waals surface area contributed by atoms with Crippen molar-refractivity contribution in [3.8, 4) is 0 Å². The summed E-state index contributed by atoms with van der Waals surface area (Å²) in [6, 6.07) is 0. The van der Waals surface area contributed by atoms with E-state index in [-0.39, 0.29) is 24.6 Å². The lowest BCUT2D eigenvalue weighted by atomic mass is 10.5. The van der Waals surface area contributed by atoms with Crippen LogP contribution in [0.15, 0.2) is 0 Å². The zero-order valence-corrected chi connectivity index (χ0v) is 10.1. The highest BCUT2D eigenvalue weighted by atomic mass is 32.2. The van der Waals surface area contributed by atoms with Crippen LogP contribution >= 0.6 is 0 Å². The third kappa shape index (κ3) is 10.1. The fraction of sp³-hybridized carbons (Fsp3) is 0.875. The van der Waals surface area contributed by atoms with Crippen LogP contribution in [0.4, 0.5) is 13.2 Å². The Balaban J connectivity index is 3.66. The molecule has 0 saturated carbocycles. The zero-order valence-electron chi connectivity index (χ0n) is 9.30. The largest absolute Gasteiger partial charge is 0.405 e. The second-order valence-electron chi connectivity index (χ2n) is 3.31. The van der Waals surface area contributed by atoms with Gasteiger partial charge in [-0.05, 0) is 0 Å². The monoisotopic (exact) mass is 276 g/mol. The van der Waals surface area contributed by atoms with Gasteiger partial charge in [0.2, 0.25) is 5.91 Å². The van der Waals surface area contributed by atoms with Crippen LogP contribution in [-0.2, 0) is 14.6 Å². The molecule has 1 amide bonds. The van der Waals surface area contributed by atoms with Gasteiger partial charge in [0, 0.05) is 12.3 Å². The van der Waals surface area contributed by atoms with Crippen molar-refractivity contribution < 1.29 is 26.4 Å². The van der Waals surface area contributed by atoms with Crippen LogP contribution in [0, 0.1) is 0 Å². The Bertz CT molecular complexity index is 340. The number of rotatable bonds is 7. The van der Waals surface area contributed by atoms with E-state index in [9.17, 15) is 26.4 Å². The lowest BCUT2D eigenvalue weighted by Crippen LogP contribution is -2.40. The standard InChI is InChI=1S/C8H15F3N2O3S/c1-2-17(15,16)4-3-12-5-7(14)13-6-8(9,10)11/h12H,2-6H2,1H3,(H,13,14). The molecule has 2 N–H and O–H groups in total. The Morgan fingerprint density at radius 1 is 1.29 bits per heavy atom. The van der Waals surface area contributed by atoms with Gasteiger partial charge in [0.25, 0.3) is 0 Å². The summed E-state index contributed by atoms with van der Waals surface area (Å²) in [5.74, 6) is -0.971. The molecule has 0 fully saturated rings. The van der Waals surface area contributed by atoms with E-state index in [0.29, 0.717) is 0 Å². The van der Waals surface area contributed by atoms with E-state index < -0.39 is 28.5 Å². The lowest BCUT2D eigenvalue weighted by molar-refractivity contribution is -0.137. The minimum absolute atomic E-state index is 0.00501. The molecule has 0 radical (unpaired) electrons. The van der Waals surface area contributed by atoms with Gasteiger partial charge in [-0.2, -0.15) is 13.2 Å². The summed E-state index contributed by atoms with van der Waals surface area (Å²) < 4.78 is 57.1. The average molecular weight is 276 g/mol. The summed E-state index contributed by atoms with van der Waals surface area (Å²) in [6.45, 7) is -0.197. The molecule has 0 spiro atoms. The van der Waals surface area contributed by atoms with Gasteiger partial charge in [-0.1, -0.05) is 6.92 Å². The molecule has 5 nitrogen and oxygen atoms in total. The number of hydrogen-bond donors (Lipinski definition) is 2. The number of amides is 1. The second kappa shape index (κ2) is 6.80. The molecule has 0 bridgehead atoms. The van der Waals surface area contributed by atoms with E-state index in [2.05, 4.69) is 5.32 Å². The summed E-state index contributed by atoms with van der Waals surface area (Å²) in [6.07, 6.45) is -4.44. The van der Waals surface area contributed by atoms with Crippen molar-refractivity contribution in [3.63, 3.8) is 0 Å².